The Morgan fingerprint density at radius 1 is 1.13 bits per heavy atom. The van der Waals surface area contributed by atoms with Crippen LogP contribution in [0, 0.1) is 0 Å². The Morgan fingerprint density at radius 2 is 1.80 bits per heavy atom. The van der Waals surface area contributed by atoms with Crippen LogP contribution in [-0.2, 0) is 29.1 Å². The molecule has 0 bridgehead atoms. The van der Waals surface area contributed by atoms with Crippen molar-refractivity contribution in [3.63, 3.8) is 0 Å². The van der Waals surface area contributed by atoms with Crippen molar-refractivity contribution < 1.29 is 22.6 Å². The lowest BCUT2D eigenvalue weighted by atomic mass is 10.0. The topological polar surface area (TPSA) is 76.6 Å². The van der Waals surface area contributed by atoms with Crippen LogP contribution in [0.4, 0.5) is 19.0 Å². The Labute approximate surface area is 170 Å². The van der Waals surface area contributed by atoms with Gasteiger partial charge in [0.15, 0.2) is 5.79 Å². The van der Waals surface area contributed by atoms with E-state index in [9.17, 15) is 22.8 Å². The van der Waals surface area contributed by atoms with Crippen molar-refractivity contribution in [1.82, 2.24) is 9.55 Å². The van der Waals surface area contributed by atoms with Crippen LogP contribution in [0.2, 0.25) is 0 Å². The van der Waals surface area contributed by atoms with Gasteiger partial charge in [0.25, 0.3) is 5.56 Å². The summed E-state index contributed by atoms with van der Waals surface area (Å²) in [5.74, 6) is -0.286. The minimum atomic E-state index is -4.47. The normalized spacial score (nSPS) is 18.9. The number of benzene rings is 1. The smallest absolute Gasteiger partial charge is 0.357 e. The number of alkyl halides is 3. The summed E-state index contributed by atoms with van der Waals surface area (Å²) < 4.78 is 51.6. The predicted octanol–water partition coefficient (Wildman–Crippen LogP) is 2.03. The summed E-state index contributed by atoms with van der Waals surface area (Å²) in [5.41, 5.74) is -1.29. The van der Waals surface area contributed by atoms with Gasteiger partial charge in [0.05, 0.1) is 24.3 Å². The van der Waals surface area contributed by atoms with Gasteiger partial charge in [0, 0.05) is 39.4 Å². The van der Waals surface area contributed by atoms with Crippen molar-refractivity contribution >= 4 is 5.82 Å². The molecule has 0 unspecified atom stereocenters. The number of nitrogens with one attached hydrogen (secondary N) is 1. The maximum atomic E-state index is 13.1. The summed E-state index contributed by atoms with van der Waals surface area (Å²) in [7, 11) is 1.34. The molecule has 2 saturated heterocycles. The van der Waals surface area contributed by atoms with Gasteiger partial charge >= 0.3 is 11.9 Å². The number of ether oxygens (including phenoxy) is 2. The second-order valence-electron chi connectivity index (χ2n) is 7.59. The average molecular weight is 425 g/mol. The molecule has 1 N–H and O–H groups in total. The Bertz CT molecular complexity index is 1040. The molecule has 2 fully saturated rings. The molecule has 30 heavy (non-hydrogen) atoms. The molecule has 3 heterocycles. The monoisotopic (exact) mass is 425 g/mol. The van der Waals surface area contributed by atoms with Crippen molar-refractivity contribution in [2.24, 2.45) is 7.05 Å². The minimum Gasteiger partial charge on any atom is -0.357 e. The van der Waals surface area contributed by atoms with Gasteiger partial charge in [-0.25, -0.2) is 4.79 Å². The molecule has 0 atom stereocenters. The van der Waals surface area contributed by atoms with E-state index in [2.05, 4.69) is 4.98 Å². The first-order chi connectivity index (χ1) is 14.2. The number of halogens is 3. The number of hydrogen-bond donors (Lipinski definition) is 1. The highest BCUT2D eigenvalue weighted by Gasteiger charge is 2.40. The number of aromatic nitrogens is 2. The number of anilines is 1. The second-order valence-corrected chi connectivity index (χ2v) is 7.59. The Balaban J connectivity index is 1.67. The molecule has 1 aromatic carbocycles. The molecule has 0 radical (unpaired) electrons. The number of aromatic amines is 1. The van der Waals surface area contributed by atoms with Crippen LogP contribution in [0.3, 0.4) is 0 Å². The quantitative estimate of drug-likeness (QED) is 0.815. The zero-order valence-electron chi connectivity index (χ0n) is 16.4. The third-order valence-electron chi connectivity index (χ3n) is 5.67. The Morgan fingerprint density at radius 3 is 2.43 bits per heavy atom. The maximum Gasteiger partial charge on any atom is 0.416 e. The highest BCUT2D eigenvalue weighted by atomic mass is 19.4. The Kier molecular flexibility index (Phi) is 5.23. The molecule has 0 amide bonds. The van der Waals surface area contributed by atoms with Crippen molar-refractivity contribution in [3.8, 4) is 0 Å². The number of piperidine rings is 1. The number of nitrogens with zero attached hydrogens (tertiary/aromatic N) is 2. The zero-order chi connectivity index (χ0) is 21.5. The first-order valence-electron chi connectivity index (χ1n) is 9.70. The molecule has 0 aliphatic carbocycles. The molecule has 4 rings (SSSR count). The fourth-order valence-corrected chi connectivity index (χ4v) is 4.00. The predicted molar refractivity (Wildman–Crippen MR) is 103 cm³/mol. The van der Waals surface area contributed by atoms with Gasteiger partial charge in [-0.1, -0.05) is 18.2 Å². The fourth-order valence-electron chi connectivity index (χ4n) is 4.00. The molecule has 7 nitrogen and oxygen atoms in total. The van der Waals surface area contributed by atoms with E-state index in [1.165, 1.54) is 19.2 Å². The molecule has 2 aliphatic rings. The van der Waals surface area contributed by atoms with Gasteiger partial charge in [-0.15, -0.1) is 0 Å². The first-order valence-corrected chi connectivity index (χ1v) is 9.70. The van der Waals surface area contributed by atoms with Crippen LogP contribution in [0.15, 0.2) is 33.9 Å². The minimum absolute atomic E-state index is 0.0304. The van der Waals surface area contributed by atoms with Crippen molar-refractivity contribution in [3.05, 3.63) is 61.8 Å². The van der Waals surface area contributed by atoms with Gasteiger partial charge < -0.3 is 14.4 Å². The molecular formula is C20H22F3N3O4. The molecule has 1 spiro atoms. The van der Waals surface area contributed by atoms with Gasteiger partial charge in [-0.3, -0.25) is 14.3 Å². The number of hydrogen-bond acceptors (Lipinski definition) is 5. The molecule has 2 aliphatic heterocycles. The largest absolute Gasteiger partial charge is 0.416 e. The number of rotatable bonds is 3. The third-order valence-corrected chi connectivity index (χ3v) is 5.67. The third kappa shape index (κ3) is 3.89. The van der Waals surface area contributed by atoms with E-state index in [1.807, 2.05) is 4.90 Å². The lowest BCUT2D eigenvalue weighted by Gasteiger charge is -2.38. The van der Waals surface area contributed by atoms with E-state index in [-0.39, 0.29) is 12.0 Å². The summed E-state index contributed by atoms with van der Waals surface area (Å²) in [6.45, 7) is 2.03. The van der Waals surface area contributed by atoms with Crippen LogP contribution >= 0.6 is 0 Å². The molecule has 10 heteroatoms. The average Bonchev–Trinajstić information content (AvgIpc) is 3.16. The van der Waals surface area contributed by atoms with Gasteiger partial charge in [0.1, 0.15) is 5.82 Å². The molecule has 2 aromatic rings. The lowest BCUT2D eigenvalue weighted by molar-refractivity contribution is -0.169. The van der Waals surface area contributed by atoms with E-state index in [0.717, 1.165) is 16.7 Å². The highest BCUT2D eigenvalue weighted by Crippen LogP contribution is 2.34. The van der Waals surface area contributed by atoms with Crippen LogP contribution in [-0.4, -0.2) is 41.6 Å². The summed E-state index contributed by atoms with van der Waals surface area (Å²) in [6, 6.07) is 4.86. The van der Waals surface area contributed by atoms with Crippen molar-refractivity contribution in [2.45, 2.75) is 31.2 Å². The van der Waals surface area contributed by atoms with Crippen molar-refractivity contribution in [2.75, 3.05) is 31.2 Å². The van der Waals surface area contributed by atoms with Crippen LogP contribution in [0.5, 0.6) is 0 Å². The molecular weight excluding hydrogens is 403 g/mol. The first kappa shape index (κ1) is 20.7. The zero-order valence-corrected chi connectivity index (χ0v) is 16.4. The van der Waals surface area contributed by atoms with Crippen molar-refractivity contribution in [1.29, 1.82) is 0 Å². The fraction of sp³-hybridized carbons (Fsp3) is 0.500. The van der Waals surface area contributed by atoms with Gasteiger partial charge in [-0.05, 0) is 11.6 Å². The van der Waals surface area contributed by atoms with Crippen LogP contribution in [0.1, 0.15) is 29.5 Å². The second kappa shape index (κ2) is 7.59. The number of H-pyrrole nitrogens is 1. The Hall–Kier alpha value is -2.59. The van der Waals surface area contributed by atoms with E-state index < -0.39 is 28.8 Å². The molecule has 162 valence electrons. The molecule has 0 saturated carbocycles. The highest BCUT2D eigenvalue weighted by molar-refractivity contribution is 5.48. The van der Waals surface area contributed by atoms with E-state index in [1.54, 1.807) is 0 Å². The lowest BCUT2D eigenvalue weighted by Crippen LogP contribution is -2.47. The van der Waals surface area contributed by atoms with E-state index in [0.29, 0.717) is 50.5 Å². The van der Waals surface area contributed by atoms with E-state index in [4.69, 9.17) is 9.47 Å². The summed E-state index contributed by atoms with van der Waals surface area (Å²) in [4.78, 5) is 29.7. The summed E-state index contributed by atoms with van der Waals surface area (Å²) >= 11 is 0. The SMILES string of the molecule is Cn1c(=O)[nH]c(N2CCC3(CC2)OCCO3)c(Cc2cccc(C(F)(F)F)c2)c1=O. The van der Waals surface area contributed by atoms with Crippen LogP contribution < -0.4 is 16.1 Å². The standard InChI is InChI=1S/C20H22F3N3O4/c1-25-17(27)15(12-13-3-2-4-14(11-13)20(21,22)23)16(24-18(25)28)26-7-5-19(6-8-26)29-9-10-30-19/h2-4,11H,5-10,12H2,1H3,(H,24,28). The summed E-state index contributed by atoms with van der Waals surface area (Å²) in [5, 5.41) is 0. The van der Waals surface area contributed by atoms with E-state index >= 15 is 0 Å². The van der Waals surface area contributed by atoms with Gasteiger partial charge in [0.2, 0.25) is 0 Å². The van der Waals surface area contributed by atoms with Gasteiger partial charge in [-0.2, -0.15) is 13.2 Å². The van der Waals surface area contributed by atoms with Crippen LogP contribution in [0.25, 0.3) is 0 Å². The summed E-state index contributed by atoms with van der Waals surface area (Å²) in [6.07, 6.45) is -3.38. The maximum absolute atomic E-state index is 13.1. The molecule has 1 aromatic heterocycles.